The zero-order valence-electron chi connectivity index (χ0n) is 20.1. The lowest BCUT2D eigenvalue weighted by Crippen LogP contribution is -2.35. The highest BCUT2D eigenvalue weighted by atomic mass is 32.2. The van der Waals surface area contributed by atoms with E-state index >= 15 is 0 Å². The molecule has 0 spiro atoms. The van der Waals surface area contributed by atoms with Crippen LogP contribution in [0, 0.1) is 0 Å². The van der Waals surface area contributed by atoms with Gasteiger partial charge < -0.3 is 14.4 Å². The molecule has 0 radical (unpaired) electrons. The Morgan fingerprint density at radius 1 is 1.09 bits per heavy atom. The molecule has 184 valence electrons. The molecule has 2 aliphatic heterocycles. The van der Waals surface area contributed by atoms with Crippen molar-refractivity contribution in [1.29, 1.82) is 0 Å². The van der Waals surface area contributed by atoms with Crippen molar-refractivity contribution < 1.29 is 19.1 Å². The molecule has 0 aliphatic carbocycles. The smallest absolute Gasteiger partial charge is 0.266 e. The summed E-state index contributed by atoms with van der Waals surface area (Å²) in [4.78, 5) is 29.9. The fourth-order valence-corrected chi connectivity index (χ4v) is 5.75. The number of hydrogen-bond acceptors (Lipinski definition) is 6. The van der Waals surface area contributed by atoms with Crippen LogP contribution in [0.5, 0.6) is 11.5 Å². The largest absolute Gasteiger partial charge is 0.493 e. The lowest BCUT2D eigenvalue weighted by molar-refractivity contribution is -0.122. The summed E-state index contributed by atoms with van der Waals surface area (Å²) in [5.74, 6) is 1.36. The maximum atomic E-state index is 12.9. The predicted octanol–water partition coefficient (Wildman–Crippen LogP) is 5.44. The molecule has 1 fully saturated rings. The summed E-state index contributed by atoms with van der Waals surface area (Å²) >= 11 is 6.78. The lowest BCUT2D eigenvalue weighted by atomic mass is 10.0. The maximum absolute atomic E-state index is 12.9. The Hall–Kier alpha value is -2.84. The molecular formula is C27H30N2O4S2. The fraction of sp³-hybridized carbons (Fsp3) is 0.370. The molecule has 4 rings (SSSR count). The van der Waals surface area contributed by atoms with Crippen molar-refractivity contribution in [2.24, 2.45) is 0 Å². The Balaban J connectivity index is 1.26. The molecule has 8 heteroatoms. The van der Waals surface area contributed by atoms with Crippen molar-refractivity contribution in [3.05, 3.63) is 58.5 Å². The van der Waals surface area contributed by atoms with Crippen molar-refractivity contribution in [3.8, 4) is 11.5 Å². The van der Waals surface area contributed by atoms with Crippen molar-refractivity contribution in [1.82, 2.24) is 4.90 Å². The second-order valence-electron chi connectivity index (χ2n) is 8.54. The number of amides is 2. The number of para-hydroxylation sites is 1. The third-order valence-electron chi connectivity index (χ3n) is 6.26. The summed E-state index contributed by atoms with van der Waals surface area (Å²) in [6, 6.07) is 13.7. The summed E-state index contributed by atoms with van der Waals surface area (Å²) < 4.78 is 11.2. The van der Waals surface area contributed by atoms with Gasteiger partial charge in [0.2, 0.25) is 5.91 Å². The van der Waals surface area contributed by atoms with E-state index in [2.05, 4.69) is 6.07 Å². The van der Waals surface area contributed by atoms with E-state index in [0.717, 1.165) is 49.9 Å². The van der Waals surface area contributed by atoms with E-state index in [1.54, 1.807) is 19.1 Å². The number of ether oxygens (including phenoxy) is 2. The molecule has 6 nitrogen and oxygen atoms in total. The molecule has 0 atom stereocenters. The number of hydrogen-bond donors (Lipinski definition) is 0. The molecule has 1 saturated heterocycles. The highest BCUT2D eigenvalue weighted by Crippen LogP contribution is 2.35. The number of aryl methyl sites for hydroxylation is 1. The van der Waals surface area contributed by atoms with Gasteiger partial charge in [0.05, 0.1) is 19.1 Å². The number of methoxy groups -OCH3 is 2. The monoisotopic (exact) mass is 510 g/mol. The number of anilines is 1. The van der Waals surface area contributed by atoms with Crippen LogP contribution in [0.3, 0.4) is 0 Å². The van der Waals surface area contributed by atoms with E-state index in [9.17, 15) is 9.59 Å². The molecule has 2 aromatic carbocycles. The average Bonchev–Trinajstić information content (AvgIpc) is 3.15. The van der Waals surface area contributed by atoms with Crippen LogP contribution in [0.2, 0.25) is 0 Å². The van der Waals surface area contributed by atoms with Gasteiger partial charge in [0.15, 0.2) is 11.5 Å². The first-order valence-electron chi connectivity index (χ1n) is 11.9. The molecule has 35 heavy (non-hydrogen) atoms. The van der Waals surface area contributed by atoms with Crippen LogP contribution in [0.15, 0.2) is 47.4 Å². The highest BCUT2D eigenvalue weighted by molar-refractivity contribution is 8.26. The molecule has 0 saturated carbocycles. The quantitative estimate of drug-likeness (QED) is 0.254. The summed E-state index contributed by atoms with van der Waals surface area (Å²) in [7, 11) is 3.17. The van der Waals surface area contributed by atoms with E-state index in [-0.39, 0.29) is 11.8 Å². The van der Waals surface area contributed by atoms with Crippen molar-refractivity contribution in [2.45, 2.75) is 38.5 Å². The highest BCUT2D eigenvalue weighted by Gasteiger charge is 2.31. The first-order chi connectivity index (χ1) is 17.0. The van der Waals surface area contributed by atoms with Crippen molar-refractivity contribution in [3.63, 3.8) is 0 Å². The predicted molar refractivity (Wildman–Crippen MR) is 145 cm³/mol. The number of unbranched alkanes of at least 4 members (excludes halogenated alkanes) is 2. The second kappa shape index (κ2) is 11.7. The van der Waals surface area contributed by atoms with Gasteiger partial charge in [-0.3, -0.25) is 14.5 Å². The number of carbonyl (C=O) groups excluding carboxylic acids is 2. The topological polar surface area (TPSA) is 59.1 Å². The van der Waals surface area contributed by atoms with Gasteiger partial charge >= 0.3 is 0 Å². The van der Waals surface area contributed by atoms with Crippen LogP contribution in [0.1, 0.15) is 43.2 Å². The summed E-state index contributed by atoms with van der Waals surface area (Å²) in [6.07, 6.45) is 6.86. The SMILES string of the molecule is COc1ccc(/C=C2\SC(=S)N(CCCCCC(=O)N3CCCc4ccccc43)C2=O)cc1OC. The van der Waals surface area contributed by atoms with Gasteiger partial charge in [-0.05, 0) is 61.1 Å². The van der Waals surface area contributed by atoms with Gasteiger partial charge in [0.1, 0.15) is 4.32 Å². The Morgan fingerprint density at radius 3 is 2.69 bits per heavy atom. The molecular weight excluding hydrogens is 480 g/mol. The molecule has 0 aromatic heterocycles. The van der Waals surface area contributed by atoms with Crippen molar-refractivity contribution in [2.75, 3.05) is 32.2 Å². The minimum absolute atomic E-state index is 0.0733. The normalized spacial score (nSPS) is 16.6. The number of fused-ring (bicyclic) bond motifs is 1. The maximum Gasteiger partial charge on any atom is 0.266 e. The third-order valence-corrected chi connectivity index (χ3v) is 7.64. The average molecular weight is 511 g/mol. The number of thiocarbonyl (C=S) groups is 1. The van der Waals surface area contributed by atoms with Gasteiger partial charge in [-0.25, -0.2) is 0 Å². The molecule has 2 heterocycles. The Morgan fingerprint density at radius 2 is 1.89 bits per heavy atom. The molecule has 0 unspecified atom stereocenters. The van der Waals surface area contributed by atoms with Gasteiger partial charge in [0.25, 0.3) is 5.91 Å². The Labute approximate surface area is 216 Å². The van der Waals surface area contributed by atoms with E-state index < -0.39 is 0 Å². The van der Waals surface area contributed by atoms with Gasteiger partial charge in [-0.1, -0.05) is 54.7 Å². The van der Waals surface area contributed by atoms with Gasteiger partial charge in [0, 0.05) is 25.2 Å². The standard InChI is InChI=1S/C27H30N2O4S2/c1-32-22-14-13-19(17-23(22)33-2)18-24-26(31)29(27(34)35-24)15-7-3-4-12-25(30)28-16-8-10-20-9-5-6-11-21(20)28/h5-6,9,11,13-14,17-18H,3-4,7-8,10,12,15-16H2,1-2H3/b24-18-. The number of rotatable bonds is 9. The summed E-state index contributed by atoms with van der Waals surface area (Å²) in [5.41, 5.74) is 3.16. The van der Waals surface area contributed by atoms with Crippen LogP contribution in [-0.4, -0.2) is 48.3 Å². The third kappa shape index (κ3) is 5.87. The van der Waals surface area contributed by atoms with Gasteiger partial charge in [-0.15, -0.1) is 0 Å². The first-order valence-corrected chi connectivity index (χ1v) is 13.1. The van der Waals surface area contributed by atoms with E-state index in [1.165, 1.54) is 17.3 Å². The van der Waals surface area contributed by atoms with E-state index in [4.69, 9.17) is 21.7 Å². The van der Waals surface area contributed by atoms with Crippen molar-refractivity contribution >= 4 is 51.9 Å². The molecule has 2 amide bonds. The number of benzene rings is 2. The molecule has 0 N–H and O–H groups in total. The molecule has 2 aliphatic rings. The summed E-state index contributed by atoms with van der Waals surface area (Å²) in [5, 5.41) is 0. The van der Waals surface area contributed by atoms with Crippen LogP contribution in [0.4, 0.5) is 5.69 Å². The zero-order chi connectivity index (χ0) is 24.8. The Kier molecular flexibility index (Phi) is 8.46. The fourth-order valence-electron chi connectivity index (χ4n) is 4.44. The van der Waals surface area contributed by atoms with E-state index in [1.807, 2.05) is 47.4 Å². The molecule has 0 bridgehead atoms. The molecule has 2 aromatic rings. The van der Waals surface area contributed by atoms with Crippen LogP contribution < -0.4 is 14.4 Å². The minimum atomic E-state index is -0.0733. The summed E-state index contributed by atoms with van der Waals surface area (Å²) in [6.45, 7) is 1.35. The first kappa shape index (κ1) is 25.3. The van der Waals surface area contributed by atoms with Gasteiger partial charge in [-0.2, -0.15) is 0 Å². The number of thioether (sulfide) groups is 1. The van der Waals surface area contributed by atoms with Crippen LogP contribution in [-0.2, 0) is 16.0 Å². The minimum Gasteiger partial charge on any atom is -0.493 e. The zero-order valence-corrected chi connectivity index (χ0v) is 21.8. The second-order valence-corrected chi connectivity index (χ2v) is 10.2. The number of nitrogens with zero attached hydrogens (tertiary/aromatic N) is 2. The van der Waals surface area contributed by atoms with Crippen LogP contribution >= 0.6 is 24.0 Å². The van der Waals surface area contributed by atoms with Crippen LogP contribution in [0.25, 0.3) is 6.08 Å². The van der Waals surface area contributed by atoms with E-state index in [0.29, 0.717) is 33.7 Å². The Bertz CT molecular complexity index is 1150. The number of carbonyl (C=O) groups is 2. The lowest BCUT2D eigenvalue weighted by Gasteiger charge is -2.29.